The van der Waals surface area contributed by atoms with Gasteiger partial charge in [-0.2, -0.15) is 0 Å². The van der Waals surface area contributed by atoms with E-state index in [0.29, 0.717) is 24.0 Å². The zero-order valence-electron chi connectivity index (χ0n) is 10.2. The number of rotatable bonds is 5. The van der Waals surface area contributed by atoms with Gasteiger partial charge in [-0.25, -0.2) is 4.39 Å². The summed E-state index contributed by atoms with van der Waals surface area (Å²) in [7, 11) is 0. The second-order valence-corrected chi connectivity index (χ2v) is 4.13. The van der Waals surface area contributed by atoms with Crippen molar-refractivity contribution < 1.29 is 9.13 Å². The zero-order chi connectivity index (χ0) is 12.1. The maximum absolute atomic E-state index is 13.5. The Balaban J connectivity index is 2.70. The predicted molar refractivity (Wildman–Crippen MR) is 65.1 cm³/mol. The molecule has 90 valence electrons. The zero-order valence-corrected chi connectivity index (χ0v) is 10.2. The molecule has 0 amide bonds. The van der Waals surface area contributed by atoms with E-state index in [1.54, 1.807) is 6.07 Å². The number of ether oxygens (including phenoxy) is 1. The van der Waals surface area contributed by atoms with Crippen LogP contribution in [0.3, 0.4) is 0 Å². The molecule has 0 aliphatic heterocycles. The average molecular weight is 225 g/mol. The van der Waals surface area contributed by atoms with Crippen LogP contribution < -0.4 is 10.5 Å². The van der Waals surface area contributed by atoms with Gasteiger partial charge in [0.15, 0.2) is 11.6 Å². The summed E-state index contributed by atoms with van der Waals surface area (Å²) in [6.45, 7) is 6.64. The van der Waals surface area contributed by atoms with Gasteiger partial charge in [-0.15, -0.1) is 0 Å². The molecule has 0 saturated carbocycles. The summed E-state index contributed by atoms with van der Waals surface area (Å²) in [5, 5.41) is 0. The van der Waals surface area contributed by atoms with Crippen molar-refractivity contribution in [3.8, 4) is 5.75 Å². The van der Waals surface area contributed by atoms with Crippen molar-refractivity contribution in [2.75, 3.05) is 12.3 Å². The highest BCUT2D eigenvalue weighted by Gasteiger charge is 2.09. The van der Waals surface area contributed by atoms with Crippen molar-refractivity contribution >= 4 is 5.69 Å². The van der Waals surface area contributed by atoms with Crippen molar-refractivity contribution in [1.82, 2.24) is 0 Å². The first-order valence-electron chi connectivity index (χ1n) is 5.76. The molecule has 2 N–H and O–H groups in total. The number of hydrogen-bond donors (Lipinski definition) is 1. The standard InChI is InChI=1S/C13H20FNO/c1-4-10(5-2)8-16-13-6-9(3)12(15)7-11(13)14/h6-7,10H,4-5,8,15H2,1-3H3. The Kier molecular flexibility index (Phi) is 4.59. The molecule has 0 fully saturated rings. The maximum Gasteiger partial charge on any atom is 0.167 e. The van der Waals surface area contributed by atoms with Crippen LogP contribution in [-0.2, 0) is 0 Å². The highest BCUT2D eigenvalue weighted by Crippen LogP contribution is 2.24. The summed E-state index contributed by atoms with van der Waals surface area (Å²) in [5.41, 5.74) is 6.92. The molecule has 0 heterocycles. The molecule has 16 heavy (non-hydrogen) atoms. The number of hydrogen-bond acceptors (Lipinski definition) is 2. The summed E-state index contributed by atoms with van der Waals surface area (Å²) in [4.78, 5) is 0. The minimum atomic E-state index is -0.381. The van der Waals surface area contributed by atoms with Crippen molar-refractivity contribution in [3.05, 3.63) is 23.5 Å². The third-order valence-corrected chi connectivity index (χ3v) is 2.95. The van der Waals surface area contributed by atoms with E-state index in [9.17, 15) is 4.39 Å². The molecule has 3 heteroatoms. The quantitative estimate of drug-likeness (QED) is 0.778. The molecule has 0 aliphatic rings. The van der Waals surface area contributed by atoms with Crippen LogP contribution in [0.15, 0.2) is 12.1 Å². The fourth-order valence-corrected chi connectivity index (χ4v) is 1.51. The lowest BCUT2D eigenvalue weighted by atomic mass is 10.1. The van der Waals surface area contributed by atoms with E-state index in [2.05, 4.69) is 13.8 Å². The van der Waals surface area contributed by atoms with E-state index in [4.69, 9.17) is 10.5 Å². The van der Waals surface area contributed by atoms with Crippen molar-refractivity contribution in [3.63, 3.8) is 0 Å². The topological polar surface area (TPSA) is 35.2 Å². The third kappa shape index (κ3) is 3.12. The molecule has 0 aliphatic carbocycles. The molecule has 2 nitrogen and oxygen atoms in total. The SMILES string of the molecule is CCC(CC)COc1cc(C)c(N)cc1F. The molecule has 0 aromatic heterocycles. The highest BCUT2D eigenvalue weighted by atomic mass is 19.1. The van der Waals surface area contributed by atoms with Crippen LogP contribution in [0.25, 0.3) is 0 Å². The molecule has 0 atom stereocenters. The molecule has 1 aromatic carbocycles. The summed E-state index contributed by atoms with van der Waals surface area (Å²) in [6, 6.07) is 2.98. The maximum atomic E-state index is 13.5. The Morgan fingerprint density at radius 2 is 1.94 bits per heavy atom. The highest BCUT2D eigenvalue weighted by molar-refractivity contribution is 5.50. The van der Waals surface area contributed by atoms with Crippen LogP contribution in [-0.4, -0.2) is 6.61 Å². The molecule has 1 aromatic rings. The van der Waals surface area contributed by atoms with E-state index in [-0.39, 0.29) is 5.82 Å². The molecule has 1 rings (SSSR count). The van der Waals surface area contributed by atoms with Gasteiger partial charge < -0.3 is 10.5 Å². The van der Waals surface area contributed by atoms with Crippen LogP contribution in [0.2, 0.25) is 0 Å². The molecule has 0 spiro atoms. The van der Waals surface area contributed by atoms with E-state index in [1.165, 1.54) is 6.07 Å². The van der Waals surface area contributed by atoms with Gasteiger partial charge in [0.25, 0.3) is 0 Å². The largest absolute Gasteiger partial charge is 0.490 e. The number of anilines is 1. The van der Waals surface area contributed by atoms with Gasteiger partial charge in [-0.1, -0.05) is 26.7 Å². The minimum absolute atomic E-state index is 0.304. The summed E-state index contributed by atoms with van der Waals surface area (Å²) in [5.74, 6) is 0.407. The predicted octanol–water partition coefficient (Wildman–Crippen LogP) is 3.53. The van der Waals surface area contributed by atoms with Gasteiger partial charge in [0, 0.05) is 11.8 Å². The summed E-state index contributed by atoms with van der Waals surface area (Å²) < 4.78 is 19.0. The molecular formula is C13H20FNO. The Labute approximate surface area is 96.6 Å². The van der Waals surface area contributed by atoms with Gasteiger partial charge in [0.05, 0.1) is 6.61 Å². The van der Waals surface area contributed by atoms with E-state index in [0.717, 1.165) is 18.4 Å². The third-order valence-electron chi connectivity index (χ3n) is 2.95. The smallest absolute Gasteiger partial charge is 0.167 e. The molecular weight excluding hydrogens is 205 g/mol. The van der Waals surface area contributed by atoms with E-state index in [1.807, 2.05) is 6.92 Å². The van der Waals surface area contributed by atoms with E-state index >= 15 is 0 Å². The number of benzene rings is 1. The van der Waals surface area contributed by atoms with Crippen LogP contribution in [0, 0.1) is 18.7 Å². The minimum Gasteiger partial charge on any atom is -0.490 e. The monoisotopic (exact) mass is 225 g/mol. The van der Waals surface area contributed by atoms with Gasteiger partial charge in [-0.05, 0) is 24.5 Å². The van der Waals surface area contributed by atoms with Crippen molar-refractivity contribution in [1.29, 1.82) is 0 Å². The van der Waals surface area contributed by atoms with Crippen LogP contribution >= 0.6 is 0 Å². The first kappa shape index (κ1) is 12.8. The van der Waals surface area contributed by atoms with Gasteiger partial charge in [-0.3, -0.25) is 0 Å². The number of halogens is 1. The normalized spacial score (nSPS) is 10.8. The lowest BCUT2D eigenvalue weighted by molar-refractivity contribution is 0.231. The number of aryl methyl sites for hydroxylation is 1. The first-order valence-corrected chi connectivity index (χ1v) is 5.76. The molecule has 0 saturated heterocycles. The molecule has 0 unspecified atom stereocenters. The number of nitrogens with two attached hydrogens (primary N) is 1. The Hall–Kier alpha value is -1.25. The fourth-order valence-electron chi connectivity index (χ4n) is 1.51. The average Bonchev–Trinajstić information content (AvgIpc) is 2.26. The van der Waals surface area contributed by atoms with Gasteiger partial charge in [0.2, 0.25) is 0 Å². The van der Waals surface area contributed by atoms with Crippen molar-refractivity contribution in [2.24, 2.45) is 5.92 Å². The lowest BCUT2D eigenvalue weighted by Gasteiger charge is -2.15. The summed E-state index contributed by atoms with van der Waals surface area (Å²) in [6.07, 6.45) is 2.10. The fraction of sp³-hybridized carbons (Fsp3) is 0.538. The van der Waals surface area contributed by atoms with E-state index < -0.39 is 0 Å². The second kappa shape index (κ2) is 5.73. The van der Waals surface area contributed by atoms with Crippen LogP contribution in [0.5, 0.6) is 5.75 Å². The Morgan fingerprint density at radius 3 is 2.50 bits per heavy atom. The first-order chi connectivity index (χ1) is 7.58. The van der Waals surface area contributed by atoms with Gasteiger partial charge in [0.1, 0.15) is 0 Å². The number of nitrogen functional groups attached to an aromatic ring is 1. The molecule has 0 radical (unpaired) electrons. The Bertz CT molecular complexity index is 348. The second-order valence-electron chi connectivity index (χ2n) is 4.13. The lowest BCUT2D eigenvalue weighted by Crippen LogP contribution is -2.11. The molecule has 0 bridgehead atoms. The van der Waals surface area contributed by atoms with Crippen LogP contribution in [0.4, 0.5) is 10.1 Å². The Morgan fingerprint density at radius 1 is 1.31 bits per heavy atom. The van der Waals surface area contributed by atoms with Gasteiger partial charge >= 0.3 is 0 Å². The van der Waals surface area contributed by atoms with Crippen molar-refractivity contribution in [2.45, 2.75) is 33.6 Å². The van der Waals surface area contributed by atoms with Crippen LogP contribution in [0.1, 0.15) is 32.3 Å². The summed E-state index contributed by atoms with van der Waals surface area (Å²) >= 11 is 0.